The van der Waals surface area contributed by atoms with Gasteiger partial charge in [-0.25, -0.2) is 4.98 Å². The molecule has 3 rings (SSSR count). The third kappa shape index (κ3) is 2.33. The van der Waals surface area contributed by atoms with Crippen molar-refractivity contribution in [3.05, 3.63) is 52.0 Å². The molecule has 18 heavy (non-hydrogen) atoms. The summed E-state index contributed by atoms with van der Waals surface area (Å²) in [7, 11) is 0. The second-order valence-corrected chi connectivity index (χ2v) is 5.80. The minimum Gasteiger partial charge on any atom is -0.304 e. The van der Waals surface area contributed by atoms with Crippen molar-refractivity contribution in [3.63, 3.8) is 0 Å². The molecular formula is C15H18N2S. The Bertz CT molecular complexity index is 482. The van der Waals surface area contributed by atoms with E-state index in [1.54, 1.807) is 11.3 Å². The summed E-state index contributed by atoms with van der Waals surface area (Å²) in [4.78, 5) is 4.43. The fraction of sp³-hybridized carbons (Fsp3) is 0.400. The Morgan fingerprint density at radius 3 is 2.61 bits per heavy atom. The summed E-state index contributed by atoms with van der Waals surface area (Å²) >= 11 is 1.75. The normalized spacial score (nSPS) is 16.7. The molecule has 0 fully saturated rings. The number of nitrogens with zero attached hydrogens (tertiary/aromatic N) is 1. The van der Waals surface area contributed by atoms with Crippen molar-refractivity contribution in [2.45, 2.75) is 38.3 Å². The van der Waals surface area contributed by atoms with Gasteiger partial charge in [-0.05, 0) is 30.4 Å². The molecule has 0 spiro atoms. The van der Waals surface area contributed by atoms with Crippen molar-refractivity contribution < 1.29 is 0 Å². The molecule has 0 aliphatic heterocycles. The van der Waals surface area contributed by atoms with E-state index in [2.05, 4.69) is 46.9 Å². The number of nitrogens with one attached hydrogen (secondary N) is 1. The zero-order valence-corrected chi connectivity index (χ0v) is 11.4. The van der Waals surface area contributed by atoms with Gasteiger partial charge in [-0.3, -0.25) is 0 Å². The topological polar surface area (TPSA) is 24.9 Å². The van der Waals surface area contributed by atoms with Crippen LogP contribution in [0.2, 0.25) is 0 Å². The van der Waals surface area contributed by atoms with Crippen molar-refractivity contribution in [3.8, 4) is 0 Å². The second kappa shape index (κ2) is 5.21. The van der Waals surface area contributed by atoms with Crippen LogP contribution in [0.1, 0.15) is 35.5 Å². The fourth-order valence-electron chi connectivity index (χ4n) is 2.73. The van der Waals surface area contributed by atoms with Gasteiger partial charge in [0.1, 0.15) is 5.01 Å². The Morgan fingerprint density at radius 1 is 1.33 bits per heavy atom. The number of hydrogen-bond acceptors (Lipinski definition) is 3. The van der Waals surface area contributed by atoms with Crippen LogP contribution in [0.4, 0.5) is 0 Å². The lowest BCUT2D eigenvalue weighted by Crippen LogP contribution is -2.33. The SMILES string of the molecule is CCC(NC1Cc2ccccc2C1)c1nccs1. The molecule has 0 bridgehead atoms. The van der Waals surface area contributed by atoms with Crippen LogP contribution in [0.15, 0.2) is 35.8 Å². The standard InChI is InChI=1S/C15H18N2S/c1-2-14(15-16-7-8-18-15)17-13-9-11-5-3-4-6-12(11)10-13/h3-8,13-14,17H,2,9-10H2,1H3. The van der Waals surface area contributed by atoms with Crippen LogP contribution in [0, 0.1) is 0 Å². The first-order chi connectivity index (χ1) is 8.86. The molecular weight excluding hydrogens is 240 g/mol. The van der Waals surface area contributed by atoms with Crippen molar-refractivity contribution in [1.29, 1.82) is 0 Å². The number of aromatic nitrogens is 1. The van der Waals surface area contributed by atoms with Crippen molar-refractivity contribution >= 4 is 11.3 Å². The summed E-state index contributed by atoms with van der Waals surface area (Å²) in [6.07, 6.45) is 5.30. The van der Waals surface area contributed by atoms with E-state index < -0.39 is 0 Å². The van der Waals surface area contributed by atoms with Gasteiger partial charge in [-0.2, -0.15) is 0 Å². The van der Waals surface area contributed by atoms with E-state index in [-0.39, 0.29) is 0 Å². The molecule has 0 saturated carbocycles. The number of rotatable bonds is 4. The molecule has 2 aromatic rings. The van der Waals surface area contributed by atoms with Crippen LogP contribution < -0.4 is 5.32 Å². The summed E-state index contributed by atoms with van der Waals surface area (Å²) in [5.41, 5.74) is 3.01. The lowest BCUT2D eigenvalue weighted by atomic mass is 10.1. The third-order valence-electron chi connectivity index (χ3n) is 3.65. The van der Waals surface area contributed by atoms with E-state index in [0.717, 1.165) is 19.3 Å². The Hall–Kier alpha value is -1.19. The van der Waals surface area contributed by atoms with Crippen molar-refractivity contribution in [1.82, 2.24) is 10.3 Å². The largest absolute Gasteiger partial charge is 0.304 e. The predicted octanol–water partition coefficient (Wildman–Crippen LogP) is 3.35. The van der Waals surface area contributed by atoms with Gasteiger partial charge < -0.3 is 5.32 Å². The van der Waals surface area contributed by atoms with Crippen molar-refractivity contribution in [2.75, 3.05) is 0 Å². The summed E-state index contributed by atoms with van der Waals surface area (Å²) in [5, 5.41) is 7.04. The molecule has 1 aliphatic carbocycles. The molecule has 1 N–H and O–H groups in total. The van der Waals surface area contributed by atoms with E-state index in [1.807, 2.05) is 6.20 Å². The maximum atomic E-state index is 4.43. The van der Waals surface area contributed by atoms with Gasteiger partial charge in [-0.15, -0.1) is 11.3 Å². The Morgan fingerprint density at radius 2 is 2.06 bits per heavy atom. The zero-order chi connectivity index (χ0) is 12.4. The van der Waals surface area contributed by atoms with Gasteiger partial charge >= 0.3 is 0 Å². The highest BCUT2D eigenvalue weighted by Gasteiger charge is 2.24. The maximum Gasteiger partial charge on any atom is 0.109 e. The molecule has 1 aromatic carbocycles. The molecule has 2 nitrogen and oxygen atoms in total. The van der Waals surface area contributed by atoms with Gasteiger partial charge in [-0.1, -0.05) is 31.2 Å². The molecule has 0 saturated heterocycles. The van der Waals surface area contributed by atoms with Crippen LogP contribution in [-0.2, 0) is 12.8 Å². The van der Waals surface area contributed by atoms with E-state index in [9.17, 15) is 0 Å². The maximum absolute atomic E-state index is 4.43. The molecule has 94 valence electrons. The quantitative estimate of drug-likeness (QED) is 0.909. The Kier molecular flexibility index (Phi) is 3.43. The first kappa shape index (κ1) is 11.9. The molecule has 1 aliphatic rings. The summed E-state index contributed by atoms with van der Waals surface area (Å²) in [6, 6.07) is 9.75. The minimum absolute atomic E-state index is 0.407. The van der Waals surface area contributed by atoms with Crippen LogP contribution in [-0.4, -0.2) is 11.0 Å². The predicted molar refractivity (Wildman–Crippen MR) is 75.9 cm³/mol. The Labute approximate surface area is 112 Å². The first-order valence-electron chi connectivity index (χ1n) is 6.59. The summed E-state index contributed by atoms with van der Waals surface area (Å²) in [5.74, 6) is 0. The smallest absolute Gasteiger partial charge is 0.109 e. The zero-order valence-electron chi connectivity index (χ0n) is 10.6. The Balaban J connectivity index is 1.68. The van der Waals surface area contributed by atoms with Gasteiger partial charge in [0.05, 0.1) is 6.04 Å². The van der Waals surface area contributed by atoms with E-state index in [4.69, 9.17) is 0 Å². The molecule has 0 amide bonds. The highest BCUT2D eigenvalue weighted by molar-refractivity contribution is 7.09. The minimum atomic E-state index is 0.407. The molecule has 1 heterocycles. The number of thiazole rings is 1. The summed E-state index contributed by atoms with van der Waals surface area (Å²) in [6.45, 7) is 2.22. The average molecular weight is 258 g/mol. The van der Waals surface area contributed by atoms with Gasteiger partial charge in [0.25, 0.3) is 0 Å². The van der Waals surface area contributed by atoms with E-state index >= 15 is 0 Å². The van der Waals surface area contributed by atoms with E-state index in [0.29, 0.717) is 12.1 Å². The monoisotopic (exact) mass is 258 g/mol. The van der Waals surface area contributed by atoms with Gasteiger partial charge in [0, 0.05) is 17.6 Å². The van der Waals surface area contributed by atoms with Crippen LogP contribution in [0.3, 0.4) is 0 Å². The molecule has 0 radical (unpaired) electrons. The highest BCUT2D eigenvalue weighted by Crippen LogP contribution is 2.26. The van der Waals surface area contributed by atoms with Gasteiger partial charge in [0.15, 0.2) is 0 Å². The fourth-order valence-corrected chi connectivity index (χ4v) is 3.51. The number of fused-ring (bicyclic) bond motifs is 1. The summed E-state index contributed by atoms with van der Waals surface area (Å²) < 4.78 is 0. The first-order valence-corrected chi connectivity index (χ1v) is 7.47. The lowest BCUT2D eigenvalue weighted by molar-refractivity contribution is 0.434. The highest BCUT2D eigenvalue weighted by atomic mass is 32.1. The average Bonchev–Trinajstić information content (AvgIpc) is 3.04. The molecule has 1 atom stereocenters. The molecule has 1 unspecified atom stereocenters. The van der Waals surface area contributed by atoms with Gasteiger partial charge in [0.2, 0.25) is 0 Å². The number of hydrogen-bond donors (Lipinski definition) is 1. The van der Waals surface area contributed by atoms with Crippen LogP contribution in [0.5, 0.6) is 0 Å². The van der Waals surface area contributed by atoms with Crippen LogP contribution in [0.25, 0.3) is 0 Å². The number of benzene rings is 1. The third-order valence-corrected chi connectivity index (χ3v) is 4.53. The van der Waals surface area contributed by atoms with E-state index in [1.165, 1.54) is 16.1 Å². The lowest BCUT2D eigenvalue weighted by Gasteiger charge is -2.19. The molecule has 3 heteroatoms. The second-order valence-electron chi connectivity index (χ2n) is 4.87. The van der Waals surface area contributed by atoms with Crippen LogP contribution >= 0.6 is 11.3 Å². The molecule has 1 aromatic heterocycles. The van der Waals surface area contributed by atoms with Crippen molar-refractivity contribution in [2.24, 2.45) is 0 Å².